The molecule has 0 saturated carbocycles. The fraction of sp³-hybridized carbons (Fsp3) is 0.625. The van der Waals surface area contributed by atoms with Gasteiger partial charge in [-0.2, -0.15) is 5.10 Å². The molecule has 1 aliphatic rings. The lowest BCUT2D eigenvalue weighted by Crippen LogP contribution is -2.38. The van der Waals surface area contributed by atoms with Crippen molar-refractivity contribution in [3.8, 4) is 0 Å². The average Bonchev–Trinajstić information content (AvgIpc) is 2.77. The standard InChI is InChI=1S/C8H13N3O3S/c1-6-8(2-3-14-6)11-15(12,13)7-4-9-10-5-7/h4-6,8,11H,2-3H2,1H3,(H,9,10). The molecule has 1 aliphatic heterocycles. The monoisotopic (exact) mass is 231 g/mol. The molecule has 1 saturated heterocycles. The van der Waals surface area contributed by atoms with E-state index in [0.717, 1.165) is 0 Å². The van der Waals surface area contributed by atoms with E-state index in [-0.39, 0.29) is 17.0 Å². The third-order valence-corrected chi connectivity index (χ3v) is 3.92. The molecule has 1 aromatic heterocycles. The van der Waals surface area contributed by atoms with Crippen molar-refractivity contribution in [1.82, 2.24) is 14.9 Å². The lowest BCUT2D eigenvalue weighted by molar-refractivity contribution is 0.117. The third kappa shape index (κ3) is 2.19. The first-order valence-corrected chi connectivity index (χ1v) is 6.20. The minimum Gasteiger partial charge on any atom is -0.377 e. The van der Waals surface area contributed by atoms with Gasteiger partial charge in [0, 0.05) is 12.8 Å². The molecule has 2 N–H and O–H groups in total. The van der Waals surface area contributed by atoms with Crippen LogP contribution in [0.2, 0.25) is 0 Å². The van der Waals surface area contributed by atoms with E-state index in [1.807, 2.05) is 6.92 Å². The first-order valence-electron chi connectivity index (χ1n) is 4.72. The van der Waals surface area contributed by atoms with Crippen molar-refractivity contribution in [3.05, 3.63) is 12.4 Å². The van der Waals surface area contributed by atoms with E-state index in [4.69, 9.17) is 4.74 Å². The number of H-pyrrole nitrogens is 1. The Kier molecular flexibility index (Phi) is 2.76. The van der Waals surface area contributed by atoms with Crippen molar-refractivity contribution >= 4 is 10.0 Å². The number of sulfonamides is 1. The molecule has 1 fully saturated rings. The number of aromatic nitrogens is 2. The zero-order valence-corrected chi connectivity index (χ0v) is 9.12. The van der Waals surface area contributed by atoms with E-state index in [2.05, 4.69) is 14.9 Å². The number of aromatic amines is 1. The molecule has 2 rings (SSSR count). The maximum atomic E-state index is 11.8. The quantitative estimate of drug-likeness (QED) is 0.758. The zero-order valence-electron chi connectivity index (χ0n) is 8.30. The number of ether oxygens (including phenoxy) is 1. The van der Waals surface area contributed by atoms with Gasteiger partial charge >= 0.3 is 0 Å². The van der Waals surface area contributed by atoms with Gasteiger partial charge in [-0.3, -0.25) is 5.10 Å². The minimum absolute atomic E-state index is 0.0772. The number of rotatable bonds is 3. The van der Waals surface area contributed by atoms with Crippen LogP contribution in [0.1, 0.15) is 13.3 Å². The van der Waals surface area contributed by atoms with Crippen LogP contribution >= 0.6 is 0 Å². The molecule has 2 unspecified atom stereocenters. The second kappa shape index (κ2) is 3.92. The Hall–Kier alpha value is -0.920. The topological polar surface area (TPSA) is 84.1 Å². The minimum atomic E-state index is -3.46. The first kappa shape index (κ1) is 10.6. The molecule has 1 aromatic rings. The Morgan fingerprint density at radius 1 is 1.67 bits per heavy atom. The fourth-order valence-electron chi connectivity index (χ4n) is 1.54. The van der Waals surface area contributed by atoms with Crippen LogP contribution in [0, 0.1) is 0 Å². The summed E-state index contributed by atoms with van der Waals surface area (Å²) in [5.41, 5.74) is 0. The number of nitrogens with one attached hydrogen (secondary N) is 2. The number of hydrogen-bond acceptors (Lipinski definition) is 4. The summed E-state index contributed by atoms with van der Waals surface area (Å²) in [6.45, 7) is 2.45. The molecule has 0 amide bonds. The van der Waals surface area contributed by atoms with Crippen molar-refractivity contribution in [2.24, 2.45) is 0 Å². The van der Waals surface area contributed by atoms with Gasteiger partial charge in [-0.05, 0) is 13.3 Å². The van der Waals surface area contributed by atoms with Crippen LogP contribution in [-0.4, -0.2) is 37.4 Å². The number of hydrogen-bond donors (Lipinski definition) is 2. The van der Waals surface area contributed by atoms with E-state index in [1.54, 1.807) is 0 Å². The molecule has 15 heavy (non-hydrogen) atoms. The van der Waals surface area contributed by atoms with Crippen molar-refractivity contribution in [2.45, 2.75) is 30.4 Å². The van der Waals surface area contributed by atoms with Gasteiger partial charge in [0.2, 0.25) is 10.0 Å². The van der Waals surface area contributed by atoms with Crippen LogP contribution in [0.4, 0.5) is 0 Å². The molecule has 0 bridgehead atoms. The molecule has 7 heteroatoms. The highest BCUT2D eigenvalue weighted by molar-refractivity contribution is 7.89. The van der Waals surface area contributed by atoms with Gasteiger partial charge in [-0.25, -0.2) is 13.1 Å². The Morgan fingerprint density at radius 2 is 2.47 bits per heavy atom. The maximum Gasteiger partial charge on any atom is 0.244 e. The van der Waals surface area contributed by atoms with Crippen LogP contribution in [0.5, 0.6) is 0 Å². The molecular weight excluding hydrogens is 218 g/mol. The molecule has 0 aliphatic carbocycles. The van der Waals surface area contributed by atoms with E-state index >= 15 is 0 Å². The summed E-state index contributed by atoms with van der Waals surface area (Å²) < 4.78 is 31.4. The molecule has 0 aromatic carbocycles. The van der Waals surface area contributed by atoms with Gasteiger partial charge in [-0.15, -0.1) is 0 Å². The molecule has 2 atom stereocenters. The second-order valence-electron chi connectivity index (χ2n) is 3.53. The van der Waals surface area contributed by atoms with Gasteiger partial charge in [0.1, 0.15) is 4.90 Å². The lowest BCUT2D eigenvalue weighted by atomic mass is 10.2. The highest BCUT2D eigenvalue weighted by atomic mass is 32.2. The molecule has 2 heterocycles. The van der Waals surface area contributed by atoms with E-state index in [9.17, 15) is 8.42 Å². The highest BCUT2D eigenvalue weighted by Crippen LogP contribution is 2.15. The third-order valence-electron chi connectivity index (χ3n) is 2.47. The largest absolute Gasteiger partial charge is 0.377 e. The summed E-state index contributed by atoms with van der Waals surface area (Å²) in [7, 11) is -3.46. The summed E-state index contributed by atoms with van der Waals surface area (Å²) in [5, 5.41) is 6.08. The van der Waals surface area contributed by atoms with Gasteiger partial charge in [-0.1, -0.05) is 0 Å². The van der Waals surface area contributed by atoms with Crippen LogP contribution in [0.3, 0.4) is 0 Å². The summed E-state index contributed by atoms with van der Waals surface area (Å²) in [4.78, 5) is 0.154. The first-order chi connectivity index (χ1) is 7.09. The van der Waals surface area contributed by atoms with Gasteiger partial charge in [0.05, 0.1) is 18.3 Å². The number of nitrogens with zero attached hydrogens (tertiary/aromatic N) is 1. The molecular formula is C8H13N3O3S. The molecule has 0 spiro atoms. The summed E-state index contributed by atoms with van der Waals surface area (Å²) >= 11 is 0. The maximum absolute atomic E-state index is 11.8. The molecule has 0 radical (unpaired) electrons. The lowest BCUT2D eigenvalue weighted by Gasteiger charge is -2.15. The average molecular weight is 231 g/mol. The second-order valence-corrected chi connectivity index (χ2v) is 5.24. The Bertz CT molecular complexity index is 414. The SMILES string of the molecule is CC1OCCC1NS(=O)(=O)c1cn[nH]c1. The smallest absolute Gasteiger partial charge is 0.244 e. The molecule has 84 valence electrons. The normalized spacial score (nSPS) is 27.0. The van der Waals surface area contributed by atoms with Crippen molar-refractivity contribution in [3.63, 3.8) is 0 Å². The van der Waals surface area contributed by atoms with Crippen LogP contribution in [-0.2, 0) is 14.8 Å². The van der Waals surface area contributed by atoms with E-state index in [1.165, 1.54) is 12.4 Å². The van der Waals surface area contributed by atoms with Crippen molar-refractivity contribution < 1.29 is 13.2 Å². The van der Waals surface area contributed by atoms with Gasteiger partial charge in [0.25, 0.3) is 0 Å². The Morgan fingerprint density at radius 3 is 3.00 bits per heavy atom. The van der Waals surface area contributed by atoms with Crippen molar-refractivity contribution in [2.75, 3.05) is 6.61 Å². The Balaban J connectivity index is 2.11. The van der Waals surface area contributed by atoms with Crippen LogP contribution in [0.15, 0.2) is 17.3 Å². The van der Waals surface area contributed by atoms with Crippen LogP contribution in [0.25, 0.3) is 0 Å². The van der Waals surface area contributed by atoms with Gasteiger partial charge in [0.15, 0.2) is 0 Å². The Labute approximate surface area is 88.1 Å². The highest BCUT2D eigenvalue weighted by Gasteiger charge is 2.29. The van der Waals surface area contributed by atoms with Crippen molar-refractivity contribution in [1.29, 1.82) is 0 Å². The van der Waals surface area contributed by atoms with Gasteiger partial charge < -0.3 is 4.74 Å². The van der Waals surface area contributed by atoms with Crippen LogP contribution < -0.4 is 4.72 Å². The zero-order chi connectivity index (χ0) is 10.9. The summed E-state index contributed by atoms with van der Waals surface area (Å²) in [6.07, 6.45) is 3.26. The van der Waals surface area contributed by atoms with E-state index < -0.39 is 10.0 Å². The summed E-state index contributed by atoms with van der Waals surface area (Å²) in [5.74, 6) is 0. The fourth-order valence-corrected chi connectivity index (χ4v) is 2.78. The van der Waals surface area contributed by atoms with E-state index in [0.29, 0.717) is 13.0 Å². The molecule has 6 nitrogen and oxygen atoms in total. The predicted octanol–water partition coefficient (Wildman–Crippen LogP) is -0.135. The summed E-state index contributed by atoms with van der Waals surface area (Å²) in [6, 6.07) is -0.148. The predicted molar refractivity (Wildman–Crippen MR) is 52.7 cm³/mol.